The Morgan fingerprint density at radius 2 is 1.45 bits per heavy atom. The van der Waals surface area contributed by atoms with Crippen LogP contribution in [0, 0.1) is 13.8 Å². The summed E-state index contributed by atoms with van der Waals surface area (Å²) in [6.07, 6.45) is 0. The number of carbonyl (C=O) groups excluding carboxylic acids is 2. The first-order valence-corrected chi connectivity index (χ1v) is 10.1. The highest BCUT2D eigenvalue weighted by molar-refractivity contribution is 6.46. The van der Waals surface area contributed by atoms with Crippen molar-refractivity contribution < 1.29 is 14.3 Å². The second-order valence-electron chi connectivity index (χ2n) is 7.37. The lowest BCUT2D eigenvalue weighted by atomic mass is 10.0. The van der Waals surface area contributed by atoms with Crippen LogP contribution in [0.4, 0.5) is 11.4 Å². The molecule has 31 heavy (non-hydrogen) atoms. The molecule has 0 saturated carbocycles. The number of hydrogen-bond acceptors (Lipinski definition) is 4. The van der Waals surface area contributed by atoms with E-state index in [1.165, 1.54) is 12.0 Å². The molecule has 0 radical (unpaired) electrons. The minimum absolute atomic E-state index is 0.176. The van der Waals surface area contributed by atoms with Crippen molar-refractivity contribution in [2.75, 3.05) is 17.3 Å². The van der Waals surface area contributed by atoms with Gasteiger partial charge in [-0.25, -0.2) is 4.90 Å². The molecule has 156 valence electrons. The van der Waals surface area contributed by atoms with Gasteiger partial charge in [-0.15, -0.1) is 0 Å². The number of amides is 2. The van der Waals surface area contributed by atoms with Gasteiger partial charge in [0.25, 0.3) is 11.8 Å². The number of imide groups is 1. The molecule has 4 rings (SSSR count). The molecular weight excluding hydrogens is 412 g/mol. The van der Waals surface area contributed by atoms with Crippen LogP contribution in [0.25, 0.3) is 5.57 Å². The van der Waals surface area contributed by atoms with Gasteiger partial charge in [-0.2, -0.15) is 0 Å². The van der Waals surface area contributed by atoms with Gasteiger partial charge in [0.05, 0.1) is 24.1 Å². The van der Waals surface area contributed by atoms with Crippen LogP contribution in [0.3, 0.4) is 0 Å². The van der Waals surface area contributed by atoms with Crippen LogP contribution in [0.15, 0.2) is 72.4 Å². The third-order valence-electron chi connectivity index (χ3n) is 5.14. The minimum atomic E-state index is -0.438. The predicted molar refractivity (Wildman–Crippen MR) is 123 cm³/mol. The summed E-state index contributed by atoms with van der Waals surface area (Å²) < 4.78 is 5.40. The normalized spacial score (nSPS) is 13.7. The zero-order valence-corrected chi connectivity index (χ0v) is 18.2. The van der Waals surface area contributed by atoms with Crippen molar-refractivity contribution in [2.45, 2.75) is 13.8 Å². The summed E-state index contributed by atoms with van der Waals surface area (Å²) in [5, 5.41) is 3.59. The molecule has 0 fully saturated rings. The summed E-state index contributed by atoms with van der Waals surface area (Å²) in [4.78, 5) is 28.1. The van der Waals surface area contributed by atoms with Crippen molar-refractivity contribution in [3.8, 4) is 5.75 Å². The molecule has 2 amide bonds. The molecule has 0 unspecified atom stereocenters. The van der Waals surface area contributed by atoms with Gasteiger partial charge in [0.1, 0.15) is 11.4 Å². The zero-order valence-electron chi connectivity index (χ0n) is 17.4. The van der Waals surface area contributed by atoms with Crippen molar-refractivity contribution in [3.05, 3.63) is 94.1 Å². The number of benzene rings is 3. The first-order valence-electron chi connectivity index (χ1n) is 9.76. The van der Waals surface area contributed by atoms with E-state index in [9.17, 15) is 9.59 Å². The summed E-state index contributed by atoms with van der Waals surface area (Å²) in [6, 6.07) is 19.8. The summed E-state index contributed by atoms with van der Waals surface area (Å²) in [5.41, 5.74) is 4.24. The standard InChI is InChI=1S/C25H21ClN2O3/c1-15-4-8-17(9-5-15)22-23(27-20-14-18(26)10-13-21(20)31-3)25(30)28(24(22)29)19-11-6-16(2)7-12-19/h4-14,27H,1-3H3. The molecule has 1 aliphatic heterocycles. The van der Waals surface area contributed by atoms with Crippen molar-refractivity contribution in [3.63, 3.8) is 0 Å². The van der Waals surface area contributed by atoms with E-state index in [1.54, 1.807) is 30.3 Å². The maximum Gasteiger partial charge on any atom is 0.282 e. The van der Waals surface area contributed by atoms with Crippen LogP contribution in [0.5, 0.6) is 5.75 Å². The zero-order chi connectivity index (χ0) is 22.1. The van der Waals surface area contributed by atoms with E-state index in [1.807, 2.05) is 50.2 Å². The van der Waals surface area contributed by atoms with E-state index in [0.29, 0.717) is 33.3 Å². The fourth-order valence-electron chi connectivity index (χ4n) is 3.47. The van der Waals surface area contributed by atoms with Crippen LogP contribution < -0.4 is 15.0 Å². The van der Waals surface area contributed by atoms with E-state index in [2.05, 4.69) is 5.32 Å². The highest BCUT2D eigenvalue weighted by Gasteiger charge is 2.40. The summed E-state index contributed by atoms with van der Waals surface area (Å²) in [6.45, 7) is 3.92. The largest absolute Gasteiger partial charge is 0.495 e. The molecule has 5 nitrogen and oxygen atoms in total. The molecule has 1 heterocycles. The fourth-order valence-corrected chi connectivity index (χ4v) is 3.65. The molecule has 0 aliphatic carbocycles. The second-order valence-corrected chi connectivity index (χ2v) is 7.80. The Balaban J connectivity index is 1.85. The number of rotatable bonds is 5. The third kappa shape index (κ3) is 3.92. The average molecular weight is 433 g/mol. The van der Waals surface area contributed by atoms with Gasteiger partial charge in [0.2, 0.25) is 0 Å². The Hall–Kier alpha value is -3.57. The van der Waals surface area contributed by atoms with Crippen LogP contribution in [-0.2, 0) is 9.59 Å². The fraction of sp³-hybridized carbons (Fsp3) is 0.120. The maximum absolute atomic E-state index is 13.5. The Labute approximate surface area is 185 Å². The number of carbonyl (C=O) groups is 2. The highest BCUT2D eigenvalue weighted by Crippen LogP contribution is 2.36. The Kier molecular flexibility index (Phi) is 5.53. The van der Waals surface area contributed by atoms with Gasteiger partial charge in [-0.1, -0.05) is 59.1 Å². The Bertz CT molecular complexity index is 1200. The van der Waals surface area contributed by atoms with E-state index in [-0.39, 0.29) is 11.6 Å². The molecule has 0 spiro atoms. The van der Waals surface area contributed by atoms with Crippen molar-refractivity contribution in [1.82, 2.24) is 0 Å². The van der Waals surface area contributed by atoms with Crippen LogP contribution >= 0.6 is 11.6 Å². The summed E-state index contributed by atoms with van der Waals surface area (Å²) in [7, 11) is 1.53. The van der Waals surface area contributed by atoms with Crippen LogP contribution in [0.1, 0.15) is 16.7 Å². The molecule has 0 atom stereocenters. The first-order chi connectivity index (χ1) is 14.9. The molecule has 3 aromatic rings. The molecule has 0 aromatic heterocycles. The maximum atomic E-state index is 13.5. The minimum Gasteiger partial charge on any atom is -0.495 e. The topological polar surface area (TPSA) is 58.6 Å². The molecule has 0 saturated heterocycles. The van der Waals surface area contributed by atoms with E-state index >= 15 is 0 Å². The van der Waals surface area contributed by atoms with Gasteiger partial charge < -0.3 is 10.1 Å². The van der Waals surface area contributed by atoms with Gasteiger partial charge in [0.15, 0.2) is 0 Å². The highest BCUT2D eigenvalue weighted by atomic mass is 35.5. The lowest BCUT2D eigenvalue weighted by Gasteiger charge is -2.16. The lowest BCUT2D eigenvalue weighted by molar-refractivity contribution is -0.120. The number of ether oxygens (including phenoxy) is 1. The Morgan fingerprint density at radius 1 is 0.839 bits per heavy atom. The SMILES string of the molecule is COc1ccc(Cl)cc1NC1=C(c2ccc(C)cc2)C(=O)N(c2ccc(C)cc2)C1=O. The van der Waals surface area contributed by atoms with Crippen LogP contribution in [0.2, 0.25) is 5.02 Å². The van der Waals surface area contributed by atoms with E-state index in [0.717, 1.165) is 11.1 Å². The number of nitrogens with zero attached hydrogens (tertiary/aromatic N) is 1. The Morgan fingerprint density at radius 3 is 2.06 bits per heavy atom. The number of nitrogens with one attached hydrogen (secondary N) is 1. The quantitative estimate of drug-likeness (QED) is 0.551. The van der Waals surface area contributed by atoms with E-state index in [4.69, 9.17) is 16.3 Å². The molecule has 3 aromatic carbocycles. The molecule has 0 bridgehead atoms. The van der Waals surface area contributed by atoms with Crippen LogP contribution in [-0.4, -0.2) is 18.9 Å². The predicted octanol–water partition coefficient (Wildman–Crippen LogP) is 5.36. The van der Waals surface area contributed by atoms with Gasteiger partial charge >= 0.3 is 0 Å². The van der Waals surface area contributed by atoms with Gasteiger partial charge in [-0.3, -0.25) is 9.59 Å². The molecule has 1 aliphatic rings. The van der Waals surface area contributed by atoms with Gasteiger partial charge in [-0.05, 0) is 49.7 Å². The molecule has 1 N–H and O–H groups in total. The second kappa shape index (κ2) is 8.28. The smallest absolute Gasteiger partial charge is 0.282 e. The third-order valence-corrected chi connectivity index (χ3v) is 5.37. The number of hydrogen-bond donors (Lipinski definition) is 1. The van der Waals surface area contributed by atoms with Gasteiger partial charge in [0, 0.05) is 5.02 Å². The van der Waals surface area contributed by atoms with E-state index < -0.39 is 5.91 Å². The molecular formula is C25H21ClN2O3. The lowest BCUT2D eigenvalue weighted by Crippen LogP contribution is -2.32. The summed E-state index contributed by atoms with van der Waals surface area (Å²) in [5.74, 6) is -0.318. The number of aryl methyl sites for hydroxylation is 2. The van der Waals surface area contributed by atoms with Crippen molar-refractivity contribution in [2.24, 2.45) is 0 Å². The summed E-state index contributed by atoms with van der Waals surface area (Å²) >= 11 is 6.16. The molecule has 6 heteroatoms. The first kappa shape index (κ1) is 20.7. The van der Waals surface area contributed by atoms with Crippen molar-refractivity contribution >= 4 is 40.4 Å². The number of methoxy groups -OCH3 is 1. The monoisotopic (exact) mass is 432 g/mol. The average Bonchev–Trinajstić information content (AvgIpc) is 2.99. The van der Waals surface area contributed by atoms with Crippen molar-refractivity contribution in [1.29, 1.82) is 0 Å². The number of halogens is 1. The number of anilines is 2.